The van der Waals surface area contributed by atoms with Gasteiger partial charge in [0.25, 0.3) is 11.8 Å². The van der Waals surface area contributed by atoms with Crippen molar-refractivity contribution < 1.29 is 22.8 Å². The monoisotopic (exact) mass is 622 g/mol. The van der Waals surface area contributed by atoms with Gasteiger partial charge < -0.3 is 4.57 Å². The summed E-state index contributed by atoms with van der Waals surface area (Å²) >= 11 is 0. The number of nitrogens with zero attached hydrogens (tertiary/aromatic N) is 2. The molecular weight excluding hydrogens is 597 g/mol. The van der Waals surface area contributed by atoms with E-state index in [1.165, 1.54) is 11.0 Å². The Bertz CT molecular complexity index is 2410. The standard InChI is InChI=1S/C40H25F3N2O2/c1-24-18-20-27(32(22-24)40(41,42)43)26-19-21-30-29-13-6-8-16-34(29)44(36(30)23-26)35-17-9-14-31-37(35)39(47)45(38(31)46)33-15-7-5-12-28(33)25-10-3-2-4-11-25/h2-23H,1H3. The third kappa shape index (κ3) is 4.46. The molecule has 8 rings (SSSR count). The lowest BCUT2D eigenvalue weighted by atomic mass is 9.96. The van der Waals surface area contributed by atoms with Crippen LogP contribution in [0.4, 0.5) is 18.9 Å². The molecule has 0 atom stereocenters. The Kier molecular flexibility index (Phi) is 6.41. The number of rotatable bonds is 4. The van der Waals surface area contributed by atoms with Gasteiger partial charge >= 0.3 is 6.18 Å². The Hall–Kier alpha value is -5.95. The molecule has 6 aromatic carbocycles. The van der Waals surface area contributed by atoms with Crippen molar-refractivity contribution in [1.29, 1.82) is 0 Å². The van der Waals surface area contributed by atoms with Crippen molar-refractivity contribution in [2.24, 2.45) is 0 Å². The van der Waals surface area contributed by atoms with Gasteiger partial charge in [-0.1, -0.05) is 103 Å². The number of anilines is 1. The first kappa shape index (κ1) is 28.5. The number of aromatic nitrogens is 1. The zero-order valence-corrected chi connectivity index (χ0v) is 25.0. The van der Waals surface area contributed by atoms with E-state index in [0.29, 0.717) is 28.0 Å². The number of alkyl halides is 3. The second kappa shape index (κ2) is 10.6. The molecule has 2 amide bonds. The van der Waals surface area contributed by atoms with Crippen LogP contribution < -0.4 is 4.90 Å². The molecule has 0 N–H and O–H groups in total. The summed E-state index contributed by atoms with van der Waals surface area (Å²) in [5.74, 6) is -0.907. The lowest BCUT2D eigenvalue weighted by molar-refractivity contribution is -0.137. The third-order valence-electron chi connectivity index (χ3n) is 8.83. The fraction of sp³-hybridized carbons (Fsp3) is 0.0500. The predicted octanol–water partition coefficient (Wildman–Crippen LogP) is 10.2. The van der Waals surface area contributed by atoms with Gasteiger partial charge in [0.15, 0.2) is 0 Å². The Morgan fingerprint density at radius 3 is 2.02 bits per heavy atom. The van der Waals surface area contributed by atoms with Crippen LogP contribution in [0.3, 0.4) is 0 Å². The van der Waals surface area contributed by atoms with Crippen LogP contribution in [0.25, 0.3) is 49.7 Å². The van der Waals surface area contributed by atoms with Gasteiger partial charge in [0.1, 0.15) is 0 Å². The Labute approximate surface area is 267 Å². The van der Waals surface area contributed by atoms with Gasteiger partial charge in [0.2, 0.25) is 0 Å². The van der Waals surface area contributed by atoms with Crippen molar-refractivity contribution in [3.63, 3.8) is 0 Å². The smallest absolute Gasteiger partial charge is 0.308 e. The molecule has 0 radical (unpaired) electrons. The van der Waals surface area contributed by atoms with E-state index in [-0.39, 0.29) is 16.7 Å². The first-order chi connectivity index (χ1) is 22.7. The van der Waals surface area contributed by atoms with Crippen LogP contribution in [0, 0.1) is 6.92 Å². The van der Waals surface area contributed by atoms with Gasteiger partial charge in [-0.25, -0.2) is 4.90 Å². The maximum atomic E-state index is 14.4. The summed E-state index contributed by atoms with van der Waals surface area (Å²) in [4.78, 5) is 29.7. The number of imide groups is 1. The van der Waals surface area contributed by atoms with Gasteiger partial charge in [-0.05, 0) is 60.0 Å². The minimum Gasteiger partial charge on any atom is -0.308 e. The number of benzene rings is 6. The lowest BCUT2D eigenvalue weighted by Crippen LogP contribution is -2.30. The van der Waals surface area contributed by atoms with Crippen molar-refractivity contribution in [3.8, 4) is 27.9 Å². The minimum absolute atomic E-state index is 0.0649. The fourth-order valence-electron chi connectivity index (χ4n) is 6.75. The molecular formula is C40H25F3N2O2. The number of carbonyl (C=O) groups excluding carboxylic acids is 2. The summed E-state index contributed by atoms with van der Waals surface area (Å²) in [7, 11) is 0. The van der Waals surface area contributed by atoms with Gasteiger partial charge in [-0.3, -0.25) is 9.59 Å². The predicted molar refractivity (Wildman–Crippen MR) is 179 cm³/mol. The first-order valence-corrected chi connectivity index (χ1v) is 15.1. The molecule has 0 saturated heterocycles. The quantitative estimate of drug-likeness (QED) is 0.183. The van der Waals surface area contributed by atoms with E-state index in [4.69, 9.17) is 0 Å². The number of halogens is 3. The number of hydrogen-bond acceptors (Lipinski definition) is 2. The van der Waals surface area contributed by atoms with Crippen molar-refractivity contribution in [3.05, 3.63) is 156 Å². The second-order valence-electron chi connectivity index (χ2n) is 11.7. The zero-order chi connectivity index (χ0) is 32.4. The molecule has 1 aliphatic rings. The molecule has 0 aliphatic carbocycles. The number of aryl methyl sites for hydroxylation is 1. The summed E-state index contributed by atoms with van der Waals surface area (Å²) in [6.45, 7) is 1.63. The van der Waals surface area contributed by atoms with Crippen molar-refractivity contribution >= 4 is 39.3 Å². The molecule has 7 aromatic rings. The van der Waals surface area contributed by atoms with E-state index in [2.05, 4.69) is 0 Å². The molecule has 0 fully saturated rings. The second-order valence-corrected chi connectivity index (χ2v) is 11.7. The van der Waals surface area contributed by atoms with E-state index in [1.54, 1.807) is 55.5 Å². The topological polar surface area (TPSA) is 42.3 Å². The number of hydrogen-bond donors (Lipinski definition) is 0. The van der Waals surface area contributed by atoms with E-state index in [9.17, 15) is 22.8 Å². The zero-order valence-electron chi connectivity index (χ0n) is 25.0. The van der Waals surface area contributed by atoms with Crippen LogP contribution in [0.1, 0.15) is 31.8 Å². The summed E-state index contributed by atoms with van der Waals surface area (Å²) in [6, 6.07) is 39.2. The summed E-state index contributed by atoms with van der Waals surface area (Å²) in [5, 5.41) is 1.68. The first-order valence-electron chi connectivity index (χ1n) is 15.1. The van der Waals surface area contributed by atoms with Gasteiger partial charge in [-0.2, -0.15) is 13.2 Å². The average molecular weight is 623 g/mol. The van der Waals surface area contributed by atoms with Gasteiger partial charge in [0.05, 0.1) is 39.1 Å². The molecule has 0 spiro atoms. The fourth-order valence-corrected chi connectivity index (χ4v) is 6.75. The Morgan fingerprint density at radius 1 is 0.532 bits per heavy atom. The highest BCUT2D eigenvalue weighted by Gasteiger charge is 2.40. The normalized spacial score (nSPS) is 13.1. The Morgan fingerprint density at radius 2 is 1.21 bits per heavy atom. The van der Waals surface area contributed by atoms with Crippen LogP contribution >= 0.6 is 0 Å². The highest BCUT2D eigenvalue weighted by Crippen LogP contribution is 2.43. The number of para-hydroxylation sites is 2. The molecule has 7 heteroatoms. The van der Waals surface area contributed by atoms with Crippen LogP contribution in [-0.2, 0) is 6.18 Å². The lowest BCUT2D eigenvalue weighted by Gasteiger charge is -2.19. The van der Waals surface area contributed by atoms with Crippen LogP contribution in [0.2, 0.25) is 0 Å². The average Bonchev–Trinajstić information content (AvgIpc) is 3.55. The van der Waals surface area contributed by atoms with Crippen LogP contribution in [0.5, 0.6) is 0 Å². The summed E-state index contributed by atoms with van der Waals surface area (Å²) < 4.78 is 44.5. The molecule has 0 bridgehead atoms. The van der Waals surface area contributed by atoms with E-state index in [1.807, 2.05) is 77.4 Å². The largest absolute Gasteiger partial charge is 0.417 e. The van der Waals surface area contributed by atoms with E-state index >= 15 is 0 Å². The van der Waals surface area contributed by atoms with Gasteiger partial charge in [0, 0.05) is 16.3 Å². The molecule has 4 nitrogen and oxygen atoms in total. The molecule has 228 valence electrons. The third-order valence-corrected chi connectivity index (χ3v) is 8.83. The molecule has 0 saturated carbocycles. The molecule has 1 aromatic heterocycles. The van der Waals surface area contributed by atoms with E-state index < -0.39 is 23.6 Å². The SMILES string of the molecule is Cc1ccc(-c2ccc3c4ccccc4n(-c4cccc5c4C(=O)N(c4ccccc4-c4ccccc4)C5=O)c3c2)c(C(F)(F)F)c1. The number of fused-ring (bicyclic) bond motifs is 4. The molecule has 0 unspecified atom stereocenters. The number of carbonyl (C=O) groups is 2. The maximum absolute atomic E-state index is 14.4. The Balaban J connectivity index is 1.35. The van der Waals surface area contributed by atoms with Gasteiger partial charge in [-0.15, -0.1) is 0 Å². The van der Waals surface area contributed by atoms with Crippen LogP contribution in [0.15, 0.2) is 133 Å². The molecule has 2 heterocycles. The number of amides is 2. The van der Waals surface area contributed by atoms with Crippen molar-refractivity contribution in [2.45, 2.75) is 13.1 Å². The minimum atomic E-state index is -4.55. The van der Waals surface area contributed by atoms with Crippen molar-refractivity contribution in [1.82, 2.24) is 4.57 Å². The molecule has 1 aliphatic heterocycles. The highest BCUT2D eigenvalue weighted by molar-refractivity contribution is 6.36. The summed E-state index contributed by atoms with van der Waals surface area (Å²) in [5.41, 5.74) is 4.68. The maximum Gasteiger partial charge on any atom is 0.417 e. The molecule has 47 heavy (non-hydrogen) atoms. The van der Waals surface area contributed by atoms with E-state index in [0.717, 1.165) is 33.5 Å². The van der Waals surface area contributed by atoms with Crippen LogP contribution in [-0.4, -0.2) is 16.4 Å². The van der Waals surface area contributed by atoms with Crippen molar-refractivity contribution in [2.75, 3.05) is 4.90 Å². The highest BCUT2D eigenvalue weighted by atomic mass is 19.4. The summed E-state index contributed by atoms with van der Waals surface area (Å²) in [6.07, 6.45) is -4.55.